The lowest BCUT2D eigenvalue weighted by atomic mass is 9.52. The second kappa shape index (κ2) is 10.2. The average Bonchev–Trinajstić information content (AvgIpc) is 2.88. The van der Waals surface area contributed by atoms with Crippen LogP contribution in [0.25, 0.3) is 0 Å². The highest BCUT2D eigenvalue weighted by molar-refractivity contribution is 6.02. The van der Waals surface area contributed by atoms with Crippen LogP contribution in [-0.2, 0) is 19.2 Å². The van der Waals surface area contributed by atoms with Gasteiger partial charge in [-0.05, 0) is 48.5 Å². The Balaban J connectivity index is 1.68. The number of carboxylic acid groups (broad SMARTS) is 4. The topological polar surface area (TPSA) is 207 Å². The summed E-state index contributed by atoms with van der Waals surface area (Å²) in [6.07, 6.45) is 2.90. The molecule has 12 nitrogen and oxygen atoms in total. The molecule has 0 aromatic heterocycles. The van der Waals surface area contributed by atoms with Gasteiger partial charge in [-0.1, -0.05) is 12.2 Å². The van der Waals surface area contributed by atoms with Crippen molar-refractivity contribution >= 4 is 47.1 Å². The second-order valence-electron chi connectivity index (χ2n) is 9.06. The number of hydrogen-bond donors (Lipinski definition) is 6. The molecule has 0 aliphatic heterocycles. The molecular formula is C26H22N2O10. The molecule has 196 valence electrons. The van der Waals surface area contributed by atoms with E-state index in [1.54, 1.807) is 0 Å². The summed E-state index contributed by atoms with van der Waals surface area (Å²) in [6.45, 7) is 0. The molecule has 3 aliphatic rings. The Morgan fingerprint density at radius 1 is 0.500 bits per heavy atom. The van der Waals surface area contributed by atoms with E-state index in [2.05, 4.69) is 10.6 Å². The van der Waals surface area contributed by atoms with E-state index in [0.29, 0.717) is 0 Å². The smallest absolute Gasteiger partial charge is 0.335 e. The first-order valence-corrected chi connectivity index (χ1v) is 11.4. The van der Waals surface area contributed by atoms with Crippen LogP contribution in [0.15, 0.2) is 60.7 Å². The molecular weight excluding hydrogens is 500 g/mol. The summed E-state index contributed by atoms with van der Waals surface area (Å²) >= 11 is 0. The number of carboxylic acids is 4. The van der Waals surface area contributed by atoms with Crippen molar-refractivity contribution in [2.45, 2.75) is 0 Å². The van der Waals surface area contributed by atoms with Crippen molar-refractivity contribution in [3.63, 3.8) is 0 Å². The fourth-order valence-electron chi connectivity index (χ4n) is 5.30. The summed E-state index contributed by atoms with van der Waals surface area (Å²) in [6, 6.07) is 10.4. The normalized spacial score (nSPS) is 25.3. The minimum atomic E-state index is -1.47. The van der Waals surface area contributed by atoms with Crippen molar-refractivity contribution in [2.75, 3.05) is 10.6 Å². The van der Waals surface area contributed by atoms with E-state index >= 15 is 0 Å². The highest BCUT2D eigenvalue weighted by Gasteiger charge is 2.60. The minimum Gasteiger partial charge on any atom is -0.481 e. The summed E-state index contributed by atoms with van der Waals surface area (Å²) in [5.74, 6) is -14.3. The molecule has 2 bridgehead atoms. The Morgan fingerprint density at radius 3 is 1.08 bits per heavy atom. The summed E-state index contributed by atoms with van der Waals surface area (Å²) in [5, 5.41) is 43.0. The molecule has 38 heavy (non-hydrogen) atoms. The fourth-order valence-corrected chi connectivity index (χ4v) is 5.30. The lowest BCUT2D eigenvalue weighted by Gasteiger charge is -2.49. The summed E-state index contributed by atoms with van der Waals surface area (Å²) in [7, 11) is 0. The maximum atomic E-state index is 13.5. The van der Waals surface area contributed by atoms with Crippen molar-refractivity contribution in [3.8, 4) is 0 Å². The molecule has 6 atom stereocenters. The summed E-state index contributed by atoms with van der Waals surface area (Å²) in [4.78, 5) is 73.3. The zero-order valence-corrected chi connectivity index (χ0v) is 19.5. The van der Waals surface area contributed by atoms with Gasteiger partial charge in [0.2, 0.25) is 11.8 Å². The lowest BCUT2D eigenvalue weighted by Crippen LogP contribution is -2.59. The van der Waals surface area contributed by atoms with Gasteiger partial charge in [0, 0.05) is 23.2 Å². The van der Waals surface area contributed by atoms with E-state index in [4.69, 9.17) is 10.2 Å². The number of nitrogens with one attached hydrogen (secondary N) is 2. The van der Waals surface area contributed by atoms with Crippen LogP contribution in [0.1, 0.15) is 20.7 Å². The molecule has 0 saturated heterocycles. The van der Waals surface area contributed by atoms with Crippen molar-refractivity contribution in [3.05, 3.63) is 71.8 Å². The van der Waals surface area contributed by atoms with Crippen LogP contribution in [0.4, 0.5) is 11.4 Å². The first-order valence-electron chi connectivity index (χ1n) is 11.4. The van der Waals surface area contributed by atoms with Crippen LogP contribution in [-0.4, -0.2) is 56.1 Å². The van der Waals surface area contributed by atoms with Gasteiger partial charge in [-0.2, -0.15) is 0 Å². The van der Waals surface area contributed by atoms with Crippen LogP contribution in [0.2, 0.25) is 0 Å². The molecule has 0 heterocycles. The Hall–Kier alpha value is -5.00. The quantitative estimate of drug-likeness (QED) is 0.278. The number of amides is 2. The van der Waals surface area contributed by atoms with Crippen LogP contribution in [0, 0.1) is 35.5 Å². The molecule has 6 unspecified atom stereocenters. The first-order chi connectivity index (χ1) is 18.0. The molecule has 0 spiro atoms. The van der Waals surface area contributed by atoms with Crippen LogP contribution in [0.5, 0.6) is 0 Å². The van der Waals surface area contributed by atoms with Crippen molar-refractivity contribution in [1.29, 1.82) is 0 Å². The molecule has 5 rings (SSSR count). The Labute approximate surface area is 214 Å². The number of anilines is 2. The van der Waals surface area contributed by atoms with E-state index in [-0.39, 0.29) is 22.5 Å². The van der Waals surface area contributed by atoms with Crippen LogP contribution < -0.4 is 10.6 Å². The molecule has 12 heteroatoms. The van der Waals surface area contributed by atoms with Gasteiger partial charge in [-0.15, -0.1) is 0 Å². The third kappa shape index (κ3) is 4.83. The van der Waals surface area contributed by atoms with E-state index in [9.17, 15) is 39.0 Å². The minimum absolute atomic E-state index is 0.0240. The van der Waals surface area contributed by atoms with Gasteiger partial charge >= 0.3 is 23.9 Å². The molecule has 3 aliphatic carbocycles. The third-order valence-corrected chi connectivity index (χ3v) is 6.96. The average molecular weight is 522 g/mol. The lowest BCUT2D eigenvalue weighted by molar-refractivity contribution is -0.168. The SMILES string of the molecule is O=C(O)c1ccc(NC(=O)C2C3C=CC(C(C(=O)O)C3C(=O)O)C2C(=O)Nc2ccc(C(=O)O)cc2)cc1. The number of aliphatic carboxylic acids is 2. The van der Waals surface area contributed by atoms with Gasteiger partial charge in [-0.3, -0.25) is 19.2 Å². The number of aromatic carboxylic acids is 2. The predicted molar refractivity (Wildman–Crippen MR) is 129 cm³/mol. The monoisotopic (exact) mass is 522 g/mol. The van der Waals surface area contributed by atoms with E-state index in [0.717, 1.165) is 0 Å². The van der Waals surface area contributed by atoms with Gasteiger partial charge in [0.05, 0.1) is 34.8 Å². The van der Waals surface area contributed by atoms with E-state index < -0.39 is 71.2 Å². The Morgan fingerprint density at radius 2 is 0.816 bits per heavy atom. The van der Waals surface area contributed by atoms with Gasteiger partial charge < -0.3 is 31.1 Å². The van der Waals surface area contributed by atoms with Gasteiger partial charge in [0.25, 0.3) is 0 Å². The Kier molecular flexibility index (Phi) is 6.98. The zero-order valence-electron chi connectivity index (χ0n) is 19.5. The van der Waals surface area contributed by atoms with E-state index in [1.165, 1.54) is 60.7 Å². The second-order valence-corrected chi connectivity index (χ2v) is 9.06. The van der Waals surface area contributed by atoms with Crippen molar-refractivity contribution in [2.24, 2.45) is 35.5 Å². The standard InChI is InChI=1S/C26H22N2O10/c29-21(27-13-5-1-11(2-6-13)23(31)32)17-15-9-10-16(20(26(37)38)19(15)25(35)36)18(17)22(30)28-14-7-3-12(4-8-14)24(33)34/h1-10,15-20H,(H,27,29)(H,28,30)(H,31,32)(H,33,34)(H,35,36)(H,37,38). The number of carbonyl (C=O) groups is 6. The molecule has 1 saturated carbocycles. The predicted octanol–water partition coefficient (Wildman–Crippen LogP) is 2.11. The van der Waals surface area contributed by atoms with Crippen molar-refractivity contribution in [1.82, 2.24) is 0 Å². The third-order valence-electron chi connectivity index (χ3n) is 6.96. The highest BCUT2D eigenvalue weighted by Crippen LogP contribution is 2.52. The molecule has 2 aromatic rings. The number of rotatable bonds is 8. The summed E-state index contributed by atoms with van der Waals surface area (Å²) in [5.41, 5.74) is 0.360. The molecule has 2 amide bonds. The first kappa shape index (κ1) is 26.1. The molecule has 0 radical (unpaired) electrons. The van der Waals surface area contributed by atoms with Crippen LogP contribution in [0.3, 0.4) is 0 Å². The maximum absolute atomic E-state index is 13.5. The molecule has 1 fully saturated rings. The summed E-state index contributed by atoms with van der Waals surface area (Å²) < 4.78 is 0. The fraction of sp³-hybridized carbons (Fsp3) is 0.231. The maximum Gasteiger partial charge on any atom is 0.335 e. The van der Waals surface area contributed by atoms with Crippen LogP contribution >= 0.6 is 0 Å². The van der Waals surface area contributed by atoms with Gasteiger partial charge in [-0.25, -0.2) is 9.59 Å². The zero-order chi connectivity index (χ0) is 27.7. The van der Waals surface area contributed by atoms with Gasteiger partial charge in [0.1, 0.15) is 0 Å². The highest BCUT2D eigenvalue weighted by atomic mass is 16.4. The molecule has 2 aromatic carbocycles. The number of hydrogen-bond acceptors (Lipinski definition) is 6. The van der Waals surface area contributed by atoms with E-state index in [1.807, 2.05) is 0 Å². The number of allylic oxidation sites excluding steroid dienone is 2. The Bertz CT molecular complexity index is 1250. The number of benzene rings is 2. The van der Waals surface area contributed by atoms with Crippen molar-refractivity contribution < 1.29 is 49.2 Å². The molecule has 6 N–H and O–H groups in total. The largest absolute Gasteiger partial charge is 0.481 e. The number of carbonyl (C=O) groups excluding carboxylic acids is 2. The van der Waals surface area contributed by atoms with Gasteiger partial charge in [0.15, 0.2) is 0 Å². The number of fused-ring (bicyclic) bond motifs is 2.